The quantitative estimate of drug-likeness (QED) is 0.0779. The number of rotatable bonds is 11. The number of likely N-dealkylation sites (N-methyl/N-ethyl adjacent to an activating group) is 2. The molecule has 1 aliphatic carbocycles. The predicted octanol–water partition coefficient (Wildman–Crippen LogP) is 16.3. The summed E-state index contributed by atoms with van der Waals surface area (Å²) in [4.78, 5) is 12.8. The molecule has 5 heterocycles. The molecule has 3 aromatic carbocycles. The molecule has 4 N–H and O–H groups in total. The van der Waals surface area contributed by atoms with Crippen molar-refractivity contribution >= 4 is 11.4 Å². The molecule has 0 radical (unpaired) electrons. The highest BCUT2D eigenvalue weighted by atomic mass is 15.5. The minimum Gasteiger partial charge on any atom is -0.399 e. The van der Waals surface area contributed by atoms with E-state index in [9.17, 15) is 0 Å². The molecule has 0 spiro atoms. The van der Waals surface area contributed by atoms with E-state index in [4.69, 9.17) is 30.5 Å². The molecule has 432 valence electrons. The van der Waals surface area contributed by atoms with Gasteiger partial charge in [0, 0.05) is 78.0 Å². The molecular weight excluding hydrogens is 977 g/mol. The van der Waals surface area contributed by atoms with Crippen molar-refractivity contribution in [3.05, 3.63) is 161 Å². The number of aromatic nitrogens is 1. The number of pyridine rings is 1. The number of para-hydroxylation sites is 1. The predicted molar refractivity (Wildman–Crippen MR) is 343 cm³/mol. The third kappa shape index (κ3) is 16.2. The van der Waals surface area contributed by atoms with Gasteiger partial charge in [-0.3, -0.25) is 9.88 Å². The van der Waals surface area contributed by atoms with E-state index in [2.05, 4.69) is 168 Å². The summed E-state index contributed by atoms with van der Waals surface area (Å²) in [5, 5.41) is 6.29. The first-order chi connectivity index (χ1) is 38.3. The number of nitrogens with two attached hydrogens (primary N) is 1. The number of anilines is 2. The first-order valence-electron chi connectivity index (χ1n) is 31.0. The van der Waals surface area contributed by atoms with Crippen molar-refractivity contribution in [3.8, 4) is 23.0 Å². The third-order valence-corrected chi connectivity index (χ3v) is 18.2. The Bertz CT molecular complexity index is 2770. The van der Waals surface area contributed by atoms with E-state index in [1.165, 1.54) is 95.3 Å². The Kier molecular flexibility index (Phi) is 22.3. The minimum atomic E-state index is -0.0823. The molecule has 8 heteroatoms. The molecule has 5 aliphatic rings. The number of nitrogen functional groups attached to an aromatic ring is 1. The summed E-state index contributed by atoms with van der Waals surface area (Å²) >= 11 is 0. The molecule has 1 aromatic heterocycles. The molecule has 0 amide bonds. The van der Waals surface area contributed by atoms with E-state index in [0.29, 0.717) is 11.8 Å². The Hall–Kier alpha value is -5.75. The lowest BCUT2D eigenvalue weighted by Crippen LogP contribution is -2.54. The summed E-state index contributed by atoms with van der Waals surface area (Å²) in [6.45, 7) is 46.7. The number of nitrogens with one attached hydrogen (secondary N) is 2. The summed E-state index contributed by atoms with van der Waals surface area (Å²) < 4.78 is 0. The second-order valence-electron chi connectivity index (χ2n) is 25.7. The van der Waals surface area contributed by atoms with Gasteiger partial charge in [0.1, 0.15) is 0 Å². The van der Waals surface area contributed by atoms with Gasteiger partial charge >= 0.3 is 0 Å². The molecule has 80 heavy (non-hydrogen) atoms. The van der Waals surface area contributed by atoms with Crippen LogP contribution in [0.25, 0.3) is 11.1 Å². The molecule has 6 bridgehead atoms. The van der Waals surface area contributed by atoms with Gasteiger partial charge in [0.15, 0.2) is 0 Å². The van der Waals surface area contributed by atoms with E-state index in [0.717, 1.165) is 112 Å². The number of likely N-dealkylation sites (tertiary alicyclic amines) is 1. The van der Waals surface area contributed by atoms with E-state index < -0.39 is 0 Å². The van der Waals surface area contributed by atoms with Crippen molar-refractivity contribution in [1.29, 1.82) is 0 Å². The number of fused-ring (bicyclic) bond motifs is 6. The van der Waals surface area contributed by atoms with Crippen LogP contribution < -0.4 is 21.4 Å². The van der Waals surface area contributed by atoms with Crippen LogP contribution in [-0.2, 0) is 6.42 Å². The van der Waals surface area contributed by atoms with Gasteiger partial charge in [-0.15, -0.1) is 0 Å². The van der Waals surface area contributed by atoms with Crippen LogP contribution in [0.1, 0.15) is 197 Å². The zero-order chi connectivity index (χ0) is 57.7. The highest BCUT2D eigenvalue weighted by molar-refractivity contribution is 5.74. The van der Waals surface area contributed by atoms with Gasteiger partial charge in [-0.1, -0.05) is 172 Å². The number of hydrazine groups is 1. The first kappa shape index (κ1) is 61.9. The number of piperidine rings is 1. The van der Waals surface area contributed by atoms with Gasteiger partial charge in [-0.2, -0.15) is 0 Å². The van der Waals surface area contributed by atoms with Crippen LogP contribution >= 0.6 is 0 Å². The van der Waals surface area contributed by atoms with Crippen molar-refractivity contribution in [3.63, 3.8) is 0 Å². The van der Waals surface area contributed by atoms with Crippen LogP contribution in [0.2, 0.25) is 0 Å². The van der Waals surface area contributed by atoms with E-state index in [1.54, 1.807) is 0 Å². The smallest absolute Gasteiger partial charge is 0.0707 e. The van der Waals surface area contributed by atoms with Crippen molar-refractivity contribution in [2.45, 2.75) is 195 Å². The fourth-order valence-corrected chi connectivity index (χ4v) is 13.3. The number of nitrogens with zero attached hydrogens (tertiary/aromatic N) is 5. The normalized spacial score (nSPS) is 22.1. The largest absolute Gasteiger partial charge is 0.399 e. The molecule has 1 saturated carbocycles. The fraction of sp³-hybridized carbons (Fsp3) is 0.542. The third-order valence-electron chi connectivity index (χ3n) is 18.2. The van der Waals surface area contributed by atoms with Crippen molar-refractivity contribution < 1.29 is 0 Å². The number of benzene rings is 3. The number of hydrogen-bond acceptors (Lipinski definition) is 8. The molecule has 6 atom stereocenters. The highest BCUT2D eigenvalue weighted by Gasteiger charge is 2.43. The monoisotopic (exact) mass is 1080 g/mol. The molecular formula is C72H104N8. The van der Waals surface area contributed by atoms with Crippen LogP contribution in [0.15, 0.2) is 128 Å². The Morgan fingerprint density at radius 1 is 0.887 bits per heavy atom. The molecule has 6 unspecified atom stereocenters. The maximum Gasteiger partial charge on any atom is 0.0707 e. The topological polar surface area (TPSA) is 75.9 Å². The van der Waals surface area contributed by atoms with E-state index in [-0.39, 0.29) is 35.5 Å². The fourth-order valence-electron chi connectivity index (χ4n) is 13.3. The number of hydrogen-bond donors (Lipinski definition) is 3. The lowest BCUT2D eigenvalue weighted by atomic mass is 9.72. The molecule has 9 rings (SSSR count). The lowest BCUT2D eigenvalue weighted by Gasteiger charge is -2.42. The average molecular weight is 1080 g/mol. The zero-order valence-corrected chi connectivity index (χ0v) is 51.7. The first-order valence-corrected chi connectivity index (χ1v) is 31.0. The highest BCUT2D eigenvalue weighted by Crippen LogP contribution is 2.55. The minimum absolute atomic E-state index is 0.0396. The SMILES string of the molecule is C=C1CCC(C)(C)CC2c3cc(ccc3N(CC)C2c2cc(C#CCN3CCCCC3)cnc2C(C)CC)-c2cc(C)cc(c2)CC(NC(=C)C(C(C)C)N(C)C(=C)C)C(=C)N2CCCC1N2.CC1CCCC1.Nc1ccccc1. The zero-order valence-electron chi connectivity index (χ0n) is 51.7. The van der Waals surface area contributed by atoms with Gasteiger partial charge in [0.25, 0.3) is 0 Å². The van der Waals surface area contributed by atoms with E-state index in [1.807, 2.05) is 36.5 Å². The summed E-state index contributed by atoms with van der Waals surface area (Å²) in [6, 6.07) is 26.8. The van der Waals surface area contributed by atoms with Gasteiger partial charge < -0.3 is 25.9 Å². The Morgan fingerprint density at radius 3 is 2.24 bits per heavy atom. The molecule has 4 aliphatic heterocycles. The summed E-state index contributed by atoms with van der Waals surface area (Å²) in [5.41, 5.74) is 26.0. The van der Waals surface area contributed by atoms with Crippen LogP contribution in [0.3, 0.4) is 0 Å². The van der Waals surface area contributed by atoms with Crippen LogP contribution in [0.5, 0.6) is 0 Å². The summed E-state index contributed by atoms with van der Waals surface area (Å²) in [7, 11) is 2.13. The second kappa shape index (κ2) is 28.8. The molecule has 2 saturated heterocycles. The molecule has 8 nitrogen and oxygen atoms in total. The molecule has 4 aromatic rings. The van der Waals surface area contributed by atoms with Crippen LogP contribution in [0.4, 0.5) is 11.4 Å². The van der Waals surface area contributed by atoms with Crippen molar-refractivity contribution in [2.24, 2.45) is 17.3 Å². The Morgan fingerprint density at radius 2 is 1.61 bits per heavy atom. The van der Waals surface area contributed by atoms with Crippen molar-refractivity contribution in [2.75, 3.05) is 50.4 Å². The van der Waals surface area contributed by atoms with Gasteiger partial charge in [-0.25, -0.2) is 5.43 Å². The van der Waals surface area contributed by atoms with Crippen LogP contribution in [-0.4, -0.2) is 77.7 Å². The van der Waals surface area contributed by atoms with Crippen LogP contribution in [0, 0.1) is 36.0 Å². The maximum absolute atomic E-state index is 5.36. The second-order valence-corrected chi connectivity index (χ2v) is 25.7. The van der Waals surface area contributed by atoms with Gasteiger partial charge in [0.2, 0.25) is 0 Å². The van der Waals surface area contributed by atoms with Gasteiger partial charge in [-0.05, 0) is 173 Å². The summed E-state index contributed by atoms with van der Waals surface area (Å²) in [5.74, 6) is 9.14. The lowest BCUT2D eigenvalue weighted by molar-refractivity contribution is 0.153. The number of aryl methyl sites for hydroxylation is 1. The Labute approximate surface area is 486 Å². The molecule has 3 fully saturated rings. The van der Waals surface area contributed by atoms with E-state index >= 15 is 0 Å². The number of allylic oxidation sites excluding steroid dienone is 1. The maximum atomic E-state index is 5.36. The standard InChI is InChI=1S/C60H85N7.C6H7N.C6H12/c1-15-43(8)57-52(35-47(39-61-57)22-20-30-65-28-18-17-19-29-65)59-53-38-60(12,13)27-26-44(9)54-23-21-31-67(63-54)46(11)55(62-45(10)58(40(3)4)64(14)41(5)6)36-48-32-42(7)33-50(34-48)49-24-25-56(51(53)37-49)66(59)16-2;7-6-4-2-1-3-5-6;1-6-4-2-3-5-6/h24-25,32-35,37,39-40,43,53-55,58-59,62-63H,5,9-11,15-19,21,23,26-31,36,38H2,1-4,6-8,12-14H3;1-5H,7H2;6H,2-5H2,1H3. The van der Waals surface area contributed by atoms with Gasteiger partial charge in [0.05, 0.1) is 24.7 Å². The van der Waals surface area contributed by atoms with Crippen molar-refractivity contribution in [1.82, 2.24) is 30.5 Å². The average Bonchev–Trinajstić information content (AvgIpc) is 4.27. The summed E-state index contributed by atoms with van der Waals surface area (Å²) in [6.07, 6.45) is 18.9. The Balaban J connectivity index is 0.000000623.